The maximum Gasteiger partial charge on any atom is 0.411 e. The molecule has 0 bridgehead atoms. The van der Waals surface area contributed by atoms with Crippen LogP contribution in [0.1, 0.15) is 18.4 Å². The third-order valence-corrected chi connectivity index (χ3v) is 6.81. The van der Waals surface area contributed by atoms with Crippen molar-refractivity contribution in [1.29, 1.82) is 0 Å². The van der Waals surface area contributed by atoms with Crippen LogP contribution in [0.5, 0.6) is 0 Å². The smallest absolute Gasteiger partial charge is 0.411 e. The number of benzene rings is 3. The van der Waals surface area contributed by atoms with Gasteiger partial charge in [-0.1, -0.05) is 60.1 Å². The van der Waals surface area contributed by atoms with E-state index in [1.54, 1.807) is 23.1 Å². The number of carbonyl (C=O) groups is 3. The molecule has 1 heterocycles. The van der Waals surface area contributed by atoms with Gasteiger partial charge in [-0.15, -0.1) is 0 Å². The van der Waals surface area contributed by atoms with Crippen LogP contribution in [0.15, 0.2) is 66.7 Å². The van der Waals surface area contributed by atoms with E-state index >= 15 is 0 Å². The summed E-state index contributed by atoms with van der Waals surface area (Å²) in [7, 11) is 0. The Morgan fingerprint density at radius 3 is 2.39 bits per heavy atom. The first-order valence-corrected chi connectivity index (χ1v) is 12.2. The molecule has 0 atom stereocenters. The summed E-state index contributed by atoms with van der Waals surface area (Å²) in [6, 6.07) is 20.6. The van der Waals surface area contributed by atoms with Crippen molar-refractivity contribution in [3.8, 4) is 0 Å². The molecule has 3 aromatic rings. The second-order valence-electron chi connectivity index (χ2n) is 8.94. The number of anilines is 1. The van der Waals surface area contributed by atoms with Crippen LogP contribution in [0.4, 0.5) is 10.5 Å². The first-order chi connectivity index (χ1) is 17.4. The minimum Gasteiger partial charge on any atom is -0.447 e. The SMILES string of the molecule is NCC(=O)N1CCC(COC(=O)Nc2ccc3ccccc3c2)(NC(=O)Cc2ccccc2Cl)CC1. The third kappa shape index (κ3) is 6.33. The number of likely N-dealkylation sites (tertiary alicyclic amines) is 1. The molecule has 1 aliphatic rings. The zero-order valence-corrected chi connectivity index (χ0v) is 20.6. The quantitative estimate of drug-likeness (QED) is 0.450. The topological polar surface area (TPSA) is 114 Å². The third-order valence-electron chi connectivity index (χ3n) is 6.44. The summed E-state index contributed by atoms with van der Waals surface area (Å²) in [5, 5.41) is 8.38. The lowest BCUT2D eigenvalue weighted by Gasteiger charge is -2.41. The van der Waals surface area contributed by atoms with Gasteiger partial charge in [-0.2, -0.15) is 0 Å². The van der Waals surface area contributed by atoms with Gasteiger partial charge in [0.15, 0.2) is 0 Å². The minimum atomic E-state index is -0.815. The number of piperidine rings is 1. The number of amides is 3. The lowest BCUT2D eigenvalue weighted by Crippen LogP contribution is -2.59. The van der Waals surface area contributed by atoms with Crippen molar-refractivity contribution in [2.24, 2.45) is 5.73 Å². The highest BCUT2D eigenvalue weighted by Crippen LogP contribution is 2.25. The molecular formula is C27H29ClN4O4. The van der Waals surface area contributed by atoms with Gasteiger partial charge < -0.3 is 20.7 Å². The maximum absolute atomic E-state index is 12.9. The van der Waals surface area contributed by atoms with E-state index in [1.807, 2.05) is 48.5 Å². The molecule has 9 heteroatoms. The van der Waals surface area contributed by atoms with Crippen molar-refractivity contribution in [3.63, 3.8) is 0 Å². The number of fused-ring (bicyclic) bond motifs is 1. The molecule has 4 N–H and O–H groups in total. The van der Waals surface area contributed by atoms with E-state index in [4.69, 9.17) is 22.1 Å². The summed E-state index contributed by atoms with van der Waals surface area (Å²) in [4.78, 5) is 39.3. The van der Waals surface area contributed by atoms with Crippen LogP contribution < -0.4 is 16.4 Å². The van der Waals surface area contributed by atoms with E-state index in [9.17, 15) is 14.4 Å². The van der Waals surface area contributed by atoms with Crippen LogP contribution in [0, 0.1) is 0 Å². The number of nitrogens with zero attached hydrogens (tertiary/aromatic N) is 1. The molecule has 0 aromatic heterocycles. The van der Waals surface area contributed by atoms with Crippen LogP contribution >= 0.6 is 11.6 Å². The Labute approximate surface area is 214 Å². The van der Waals surface area contributed by atoms with Crippen molar-refractivity contribution in [2.45, 2.75) is 24.8 Å². The molecular weight excluding hydrogens is 480 g/mol. The van der Waals surface area contributed by atoms with Gasteiger partial charge in [-0.25, -0.2) is 4.79 Å². The summed E-state index contributed by atoms with van der Waals surface area (Å²) in [6.07, 6.45) is 0.327. The van der Waals surface area contributed by atoms with Crippen molar-refractivity contribution in [1.82, 2.24) is 10.2 Å². The summed E-state index contributed by atoms with van der Waals surface area (Å²) < 4.78 is 5.58. The number of carbonyl (C=O) groups excluding carboxylic acids is 3. The van der Waals surface area contributed by atoms with Gasteiger partial charge in [0.05, 0.1) is 18.5 Å². The lowest BCUT2D eigenvalue weighted by molar-refractivity contribution is -0.132. The zero-order valence-electron chi connectivity index (χ0n) is 19.8. The molecule has 4 rings (SSSR count). The van der Waals surface area contributed by atoms with Gasteiger partial charge in [0.1, 0.15) is 6.61 Å². The summed E-state index contributed by atoms with van der Waals surface area (Å²) in [6.45, 7) is 0.692. The second kappa shape index (κ2) is 11.4. The van der Waals surface area contributed by atoms with Gasteiger partial charge in [-0.3, -0.25) is 14.9 Å². The molecule has 188 valence electrons. The highest BCUT2D eigenvalue weighted by molar-refractivity contribution is 6.31. The number of nitrogens with two attached hydrogens (primary N) is 1. The van der Waals surface area contributed by atoms with Gasteiger partial charge in [-0.05, 0) is 47.4 Å². The van der Waals surface area contributed by atoms with Crippen LogP contribution in [0.2, 0.25) is 5.02 Å². The van der Waals surface area contributed by atoms with Crippen molar-refractivity contribution < 1.29 is 19.1 Å². The molecule has 1 fully saturated rings. The number of halogens is 1. The first-order valence-electron chi connectivity index (χ1n) is 11.8. The van der Waals surface area contributed by atoms with Gasteiger partial charge >= 0.3 is 6.09 Å². The van der Waals surface area contributed by atoms with Crippen LogP contribution in [-0.4, -0.2) is 54.6 Å². The molecule has 0 unspecified atom stereocenters. The summed E-state index contributed by atoms with van der Waals surface area (Å²) >= 11 is 6.22. The summed E-state index contributed by atoms with van der Waals surface area (Å²) in [5.74, 6) is -0.388. The monoisotopic (exact) mass is 508 g/mol. The molecule has 0 saturated carbocycles. The summed E-state index contributed by atoms with van der Waals surface area (Å²) in [5.41, 5.74) is 6.01. The van der Waals surface area contributed by atoms with Crippen LogP contribution in [-0.2, 0) is 20.7 Å². The number of hydrogen-bond acceptors (Lipinski definition) is 5. The molecule has 3 aromatic carbocycles. The molecule has 3 amide bonds. The Morgan fingerprint density at radius 2 is 1.67 bits per heavy atom. The van der Waals surface area contributed by atoms with Crippen LogP contribution in [0.3, 0.4) is 0 Å². The Kier molecular flexibility index (Phi) is 8.07. The van der Waals surface area contributed by atoms with Crippen molar-refractivity contribution in [3.05, 3.63) is 77.3 Å². The number of nitrogens with one attached hydrogen (secondary N) is 2. The Morgan fingerprint density at radius 1 is 0.972 bits per heavy atom. The maximum atomic E-state index is 12.9. The molecule has 8 nitrogen and oxygen atoms in total. The van der Waals surface area contributed by atoms with E-state index < -0.39 is 11.6 Å². The highest BCUT2D eigenvalue weighted by atomic mass is 35.5. The van der Waals surface area contributed by atoms with E-state index in [0.717, 1.165) is 10.8 Å². The van der Waals surface area contributed by atoms with Gasteiger partial charge in [0.25, 0.3) is 0 Å². The van der Waals surface area contributed by atoms with Crippen LogP contribution in [0.25, 0.3) is 10.8 Å². The van der Waals surface area contributed by atoms with Crippen molar-refractivity contribution in [2.75, 3.05) is 31.6 Å². The van der Waals surface area contributed by atoms with E-state index in [2.05, 4.69) is 10.6 Å². The Balaban J connectivity index is 1.42. The average molecular weight is 509 g/mol. The normalized spacial score (nSPS) is 14.8. The van der Waals surface area contributed by atoms with E-state index in [0.29, 0.717) is 42.2 Å². The van der Waals surface area contributed by atoms with Gasteiger partial charge in [0, 0.05) is 23.8 Å². The lowest BCUT2D eigenvalue weighted by atomic mass is 9.87. The fourth-order valence-corrected chi connectivity index (χ4v) is 4.60. The molecule has 0 aliphatic carbocycles. The van der Waals surface area contributed by atoms with E-state index in [-0.39, 0.29) is 31.4 Å². The molecule has 0 radical (unpaired) electrons. The largest absolute Gasteiger partial charge is 0.447 e. The second-order valence-corrected chi connectivity index (χ2v) is 9.35. The standard InChI is InChI=1S/C27H29ClN4O4/c28-23-8-4-3-7-21(23)16-24(33)31-27(11-13-32(14-12-27)25(34)17-29)18-36-26(35)30-22-10-9-19-5-1-2-6-20(19)15-22/h1-10,15H,11-14,16-18,29H2,(H,30,35)(H,31,33). The van der Waals surface area contributed by atoms with E-state index in [1.165, 1.54) is 0 Å². The van der Waals surface area contributed by atoms with Crippen molar-refractivity contribution >= 4 is 46.0 Å². The number of hydrogen-bond donors (Lipinski definition) is 3. The predicted octanol–water partition coefficient (Wildman–Crippen LogP) is 3.72. The molecule has 1 saturated heterocycles. The first kappa shape index (κ1) is 25.5. The zero-order chi connectivity index (χ0) is 25.5. The minimum absolute atomic E-state index is 0.0364. The predicted molar refractivity (Wildman–Crippen MR) is 140 cm³/mol. The fraction of sp³-hybridized carbons (Fsp3) is 0.296. The Bertz CT molecular complexity index is 1260. The molecule has 1 aliphatic heterocycles. The average Bonchev–Trinajstić information content (AvgIpc) is 2.89. The number of rotatable bonds is 7. The Hall–Kier alpha value is -3.62. The highest BCUT2D eigenvalue weighted by Gasteiger charge is 2.38. The molecule has 36 heavy (non-hydrogen) atoms. The fourth-order valence-electron chi connectivity index (χ4n) is 4.40. The van der Waals surface area contributed by atoms with Gasteiger partial charge in [0.2, 0.25) is 11.8 Å². The number of ether oxygens (including phenoxy) is 1. The molecule has 0 spiro atoms.